The molecular weight excluding hydrogens is 204 g/mol. The Hall–Kier alpha value is -1.02. The van der Waals surface area contributed by atoms with Gasteiger partial charge in [-0.2, -0.15) is 9.59 Å². The lowest BCUT2D eigenvalue weighted by Crippen LogP contribution is -1.22. The molecule has 0 aromatic rings. The van der Waals surface area contributed by atoms with Crippen molar-refractivity contribution in [2.45, 2.75) is 0 Å². The summed E-state index contributed by atoms with van der Waals surface area (Å²) in [4.78, 5) is 16.2. The van der Waals surface area contributed by atoms with Crippen LogP contribution >= 0.6 is 0 Å². The first kappa shape index (κ1) is 1500. The molecule has 0 aromatic carbocycles. The first-order valence-electron chi connectivity index (χ1n) is 0.408. The highest BCUT2D eigenvalue weighted by Crippen LogP contribution is 0.787. The molecule has 0 spiro atoms. The van der Waals surface area contributed by atoms with Gasteiger partial charge in [-0.05, 0) is 0 Å². The predicted molar refractivity (Wildman–Crippen MR) is 41.1 cm³/mol. The molecule has 0 aromatic heterocycles. The third-order valence-corrected chi connectivity index (χ3v) is 0. The lowest BCUT2D eigenvalue weighted by molar-refractivity contribution is -0.191. The predicted octanol–water partition coefficient (Wildman–Crippen LogP) is -8.83. The molecule has 0 saturated heterocycles. The van der Waals surface area contributed by atoms with Crippen molar-refractivity contribution in [1.29, 1.82) is 0 Å². The van der Waals surface area contributed by atoms with Crippen LogP contribution in [0.4, 0.5) is 0 Å². The normalized spacial score (nSPS) is 0.615. The van der Waals surface area contributed by atoms with Gasteiger partial charge in [-0.25, -0.2) is 0 Å². The van der Waals surface area contributed by atoms with Crippen LogP contribution in [0.2, 0.25) is 0 Å². The molecule has 0 aliphatic rings. The van der Waals surface area contributed by atoms with Crippen LogP contribution in [-0.2, 0) is 9.59 Å². The van der Waals surface area contributed by atoms with Gasteiger partial charge < -0.3 is 54.8 Å². The molecule has 0 bridgehead atoms. The zero-order chi connectivity index (χ0) is 2.71. The van der Waals surface area contributed by atoms with Gasteiger partial charge in [0.2, 0.25) is 0 Å². The Bertz CT molecular complexity index is 26.1. The van der Waals surface area contributed by atoms with Crippen LogP contribution in [0.1, 0.15) is 0 Å². The Morgan fingerprint density at radius 2 is 0.385 bits per heavy atom. The van der Waals surface area contributed by atoms with Gasteiger partial charge in [0, 0.05) is 0 Å². The van der Waals surface area contributed by atoms with E-state index in [1.54, 1.807) is 0 Å². The van der Waals surface area contributed by atoms with Crippen molar-refractivity contribution in [3.8, 4) is 0 Å². The minimum absolute atomic E-state index is 0. The van der Waals surface area contributed by atoms with E-state index in [9.17, 15) is 0 Å². The molecule has 12 nitrogen and oxygen atoms in total. The Kier molecular flexibility index (Phi) is 316000000. The van der Waals surface area contributed by atoms with Crippen LogP contribution < -0.4 is 0 Å². The van der Waals surface area contributed by atoms with Gasteiger partial charge in [0.25, 0.3) is 0 Å². The number of hydrogen-bond acceptors (Lipinski definition) is 2. The topological polar surface area (TPSA) is 349 Å². The van der Waals surface area contributed by atoms with E-state index in [-0.39, 0.29) is 60.9 Å². The van der Waals surface area contributed by atoms with Crippen LogP contribution in [0.3, 0.4) is 0 Å². The Labute approximate surface area is 71.9 Å². The lowest BCUT2D eigenvalue weighted by Gasteiger charge is -0.945. The molecule has 0 fully saturated rings. The molecule has 0 atom stereocenters. The lowest BCUT2D eigenvalue weighted by atomic mass is 11.8. The van der Waals surface area contributed by atoms with E-state index in [1.807, 2.05) is 0 Å². The van der Waals surface area contributed by atoms with Gasteiger partial charge in [0.1, 0.15) is 0 Å². The fraction of sp³-hybridized carbons (Fsp3) is 0. The van der Waals surface area contributed by atoms with Crippen LogP contribution in [0, 0.1) is 0 Å². The smallest absolute Gasteiger partial charge is 0.373 e. The van der Waals surface area contributed by atoms with Gasteiger partial charge >= 0.3 is 6.15 Å². The third kappa shape index (κ3) is 851. The highest BCUT2D eigenvalue weighted by Gasteiger charge is 1.13. The second kappa shape index (κ2) is 2730000. The van der Waals surface area contributed by atoms with Crippen molar-refractivity contribution >= 4 is 6.15 Å². The summed E-state index contributed by atoms with van der Waals surface area (Å²) in [6, 6.07) is 0. The fourth-order valence-electron chi connectivity index (χ4n) is 0. The van der Waals surface area contributed by atoms with E-state index in [4.69, 9.17) is 9.59 Å². The first-order valence-corrected chi connectivity index (χ1v) is 0.408. The molecule has 0 aliphatic heterocycles. The van der Waals surface area contributed by atoms with Crippen LogP contribution in [0.5, 0.6) is 0 Å². The minimum atomic E-state index is 0. The zero-order valence-corrected chi connectivity index (χ0v) is 6.32. The highest BCUT2D eigenvalue weighted by atomic mass is 16.2. The maximum atomic E-state index is 8.12. The molecule has 0 saturated carbocycles. The number of rotatable bonds is 0. The molecule has 0 rings (SSSR count). The van der Waals surface area contributed by atoms with Gasteiger partial charge in [0.15, 0.2) is 0 Å². The standard InChI is InChI=1S/CO2.10H2O/c2-1-3;;;;;;;;;;/h;10*1H2. The van der Waals surface area contributed by atoms with Gasteiger partial charge in [0.05, 0.1) is 0 Å². The van der Waals surface area contributed by atoms with Crippen molar-refractivity contribution in [1.82, 2.24) is 0 Å². The average Bonchev–Trinajstić information content (AvgIpc) is 0.918. The van der Waals surface area contributed by atoms with Gasteiger partial charge in [-0.1, -0.05) is 0 Å². The Morgan fingerprint density at radius 3 is 0.385 bits per heavy atom. The second-order valence-corrected chi connectivity index (χ2v) is 0.0833. The van der Waals surface area contributed by atoms with Crippen LogP contribution in [0.15, 0.2) is 0 Å². The second-order valence-electron chi connectivity index (χ2n) is 0.0833. The average molecular weight is 224 g/mol. The molecule has 0 heterocycles. The Morgan fingerprint density at radius 1 is 0.385 bits per heavy atom. The quantitative estimate of drug-likeness (QED) is 0.386. The zero-order valence-electron chi connectivity index (χ0n) is 6.32. The molecular formula is CH20O12. The number of hydrogen-bond donors (Lipinski definition) is 0. The van der Waals surface area contributed by atoms with E-state index in [0.29, 0.717) is 0 Å². The summed E-state index contributed by atoms with van der Waals surface area (Å²) in [5.41, 5.74) is 0. The molecule has 0 aliphatic carbocycles. The number of carbonyl (C=O) groups excluding carboxylic acids is 2. The molecule has 0 amide bonds. The van der Waals surface area contributed by atoms with Crippen molar-refractivity contribution < 1.29 is 64.4 Å². The fourth-order valence-corrected chi connectivity index (χ4v) is 0. The van der Waals surface area contributed by atoms with Crippen molar-refractivity contribution in [3.05, 3.63) is 0 Å². The van der Waals surface area contributed by atoms with E-state index >= 15 is 0 Å². The van der Waals surface area contributed by atoms with E-state index < -0.39 is 0 Å². The van der Waals surface area contributed by atoms with E-state index in [2.05, 4.69) is 0 Å². The van der Waals surface area contributed by atoms with Crippen LogP contribution in [0.25, 0.3) is 0 Å². The monoisotopic (exact) mass is 224 g/mol. The summed E-state index contributed by atoms with van der Waals surface area (Å²) in [5.74, 6) is 0. The van der Waals surface area contributed by atoms with Crippen molar-refractivity contribution in [2.75, 3.05) is 0 Å². The highest BCUT2D eigenvalue weighted by molar-refractivity contribution is 5.20. The Balaban J connectivity index is -0.000000000444. The molecule has 0 radical (unpaired) electrons. The maximum absolute atomic E-state index is 8.12. The molecule has 0 unspecified atom stereocenters. The van der Waals surface area contributed by atoms with Gasteiger partial charge in [-0.3, -0.25) is 0 Å². The maximum Gasteiger partial charge on any atom is 0.373 e. The summed E-state index contributed by atoms with van der Waals surface area (Å²) in [5, 5.41) is 0. The summed E-state index contributed by atoms with van der Waals surface area (Å²) in [6.07, 6.45) is 0.250. The third-order valence-electron chi connectivity index (χ3n) is 0. The minimum Gasteiger partial charge on any atom is -0.412 e. The SMILES string of the molecule is O.O.O.O.O.O.O.O.O.O.O=C=O. The van der Waals surface area contributed by atoms with Crippen molar-refractivity contribution in [3.63, 3.8) is 0 Å². The summed E-state index contributed by atoms with van der Waals surface area (Å²) in [7, 11) is 0. The summed E-state index contributed by atoms with van der Waals surface area (Å²) < 4.78 is 0. The molecule has 12 heteroatoms. The first-order chi connectivity index (χ1) is 1.41. The summed E-state index contributed by atoms with van der Waals surface area (Å²) >= 11 is 0. The van der Waals surface area contributed by atoms with Crippen molar-refractivity contribution in [2.24, 2.45) is 0 Å². The molecule has 96 valence electrons. The summed E-state index contributed by atoms with van der Waals surface area (Å²) in [6.45, 7) is 0. The largest absolute Gasteiger partial charge is 0.412 e. The van der Waals surface area contributed by atoms with Crippen LogP contribution in [-0.4, -0.2) is 60.9 Å². The van der Waals surface area contributed by atoms with E-state index in [0.717, 1.165) is 0 Å². The van der Waals surface area contributed by atoms with Gasteiger partial charge in [-0.15, -0.1) is 0 Å². The van der Waals surface area contributed by atoms with E-state index in [1.165, 1.54) is 0 Å². The molecule has 20 N–H and O–H groups in total. The molecule has 13 heavy (non-hydrogen) atoms.